The maximum absolute atomic E-state index is 12.9. The zero-order chi connectivity index (χ0) is 15.5. The Labute approximate surface area is 122 Å². The minimum absolute atomic E-state index is 0.0568. The molecular weight excluding hydrogens is 277 g/mol. The van der Waals surface area contributed by atoms with E-state index < -0.39 is 23.3 Å². The van der Waals surface area contributed by atoms with E-state index in [9.17, 15) is 19.1 Å². The van der Waals surface area contributed by atoms with Crippen LogP contribution in [0.1, 0.15) is 31.2 Å². The van der Waals surface area contributed by atoms with Gasteiger partial charge in [-0.25, -0.2) is 4.39 Å². The van der Waals surface area contributed by atoms with Crippen molar-refractivity contribution in [2.24, 2.45) is 0 Å². The highest BCUT2D eigenvalue weighted by Crippen LogP contribution is 2.25. The average molecular weight is 295 g/mol. The zero-order valence-corrected chi connectivity index (χ0v) is 11.8. The van der Waals surface area contributed by atoms with E-state index in [4.69, 9.17) is 4.74 Å². The van der Waals surface area contributed by atoms with Crippen molar-refractivity contribution in [3.63, 3.8) is 0 Å². The van der Waals surface area contributed by atoms with E-state index in [1.807, 2.05) is 0 Å². The molecule has 2 unspecified atom stereocenters. The second kappa shape index (κ2) is 6.22. The first-order valence-electron chi connectivity index (χ1n) is 6.83. The summed E-state index contributed by atoms with van der Waals surface area (Å²) in [5.74, 6) is -2.73. The third-order valence-electron chi connectivity index (χ3n) is 3.74. The lowest BCUT2D eigenvalue weighted by Gasteiger charge is -2.23. The van der Waals surface area contributed by atoms with Gasteiger partial charge >= 0.3 is 5.97 Å². The first-order chi connectivity index (χ1) is 9.92. The lowest BCUT2D eigenvalue weighted by Crippen LogP contribution is -2.45. The number of hydrogen-bond donors (Lipinski definition) is 2. The number of benzene rings is 1. The van der Waals surface area contributed by atoms with Gasteiger partial charge in [0.1, 0.15) is 11.4 Å². The Balaban J connectivity index is 2.02. The van der Waals surface area contributed by atoms with Crippen molar-refractivity contribution in [1.82, 2.24) is 5.32 Å². The lowest BCUT2D eigenvalue weighted by molar-refractivity contribution is -0.141. The molecule has 1 saturated heterocycles. The molecule has 114 valence electrons. The maximum atomic E-state index is 12.9. The predicted molar refractivity (Wildman–Crippen MR) is 73.4 cm³/mol. The largest absolute Gasteiger partial charge is 0.481 e. The molecule has 21 heavy (non-hydrogen) atoms. The van der Waals surface area contributed by atoms with Gasteiger partial charge < -0.3 is 15.2 Å². The van der Waals surface area contributed by atoms with Crippen LogP contribution in [0.5, 0.6) is 0 Å². The van der Waals surface area contributed by atoms with Crippen LogP contribution in [0, 0.1) is 5.82 Å². The second-order valence-electron chi connectivity index (χ2n) is 5.34. The lowest BCUT2D eigenvalue weighted by atomic mass is 9.97. The molecule has 1 heterocycles. The fraction of sp³-hybridized carbons (Fsp3) is 0.467. The number of aliphatic carboxylic acids is 1. The standard InChI is InChI=1S/C15H18FNO4/c1-15(7-2-8-21-15)14(20)17-9-12(13(18)19)10-3-5-11(16)6-4-10/h3-6,12H,2,7-9H2,1H3,(H,17,20)(H,18,19). The van der Waals surface area contributed by atoms with Crippen LogP contribution in [0.25, 0.3) is 0 Å². The first kappa shape index (κ1) is 15.4. The van der Waals surface area contributed by atoms with Crippen molar-refractivity contribution in [3.05, 3.63) is 35.6 Å². The van der Waals surface area contributed by atoms with E-state index in [0.29, 0.717) is 18.6 Å². The fourth-order valence-corrected chi connectivity index (χ4v) is 2.38. The number of nitrogens with one attached hydrogen (secondary N) is 1. The number of carboxylic acids is 1. The van der Waals surface area contributed by atoms with Gasteiger partial charge in [-0.05, 0) is 37.5 Å². The summed E-state index contributed by atoms with van der Waals surface area (Å²) in [7, 11) is 0. The Hall–Kier alpha value is -1.95. The summed E-state index contributed by atoms with van der Waals surface area (Å²) in [5.41, 5.74) is -0.437. The number of rotatable bonds is 5. The first-order valence-corrected chi connectivity index (χ1v) is 6.83. The molecule has 1 aliphatic heterocycles. The van der Waals surface area contributed by atoms with Crippen LogP contribution in [0.4, 0.5) is 4.39 Å². The maximum Gasteiger partial charge on any atom is 0.312 e. The van der Waals surface area contributed by atoms with Gasteiger partial charge in [0.2, 0.25) is 0 Å². The van der Waals surface area contributed by atoms with Crippen LogP contribution in [0.2, 0.25) is 0 Å². The number of carbonyl (C=O) groups is 2. The molecule has 6 heteroatoms. The molecule has 0 aliphatic carbocycles. The van der Waals surface area contributed by atoms with Crippen molar-refractivity contribution in [3.8, 4) is 0 Å². The molecule has 2 atom stereocenters. The minimum Gasteiger partial charge on any atom is -0.481 e. The van der Waals surface area contributed by atoms with Crippen molar-refractivity contribution in [2.45, 2.75) is 31.3 Å². The molecule has 5 nitrogen and oxygen atoms in total. The molecule has 0 aromatic heterocycles. The van der Waals surface area contributed by atoms with Crippen LogP contribution in [0.3, 0.4) is 0 Å². The topological polar surface area (TPSA) is 75.6 Å². The molecule has 0 radical (unpaired) electrons. The Bertz CT molecular complexity index is 523. The number of ether oxygens (including phenoxy) is 1. The van der Waals surface area contributed by atoms with E-state index in [-0.39, 0.29) is 12.5 Å². The average Bonchev–Trinajstić information content (AvgIpc) is 2.88. The van der Waals surface area contributed by atoms with Crippen LogP contribution < -0.4 is 5.32 Å². The van der Waals surface area contributed by atoms with E-state index in [1.54, 1.807) is 6.92 Å². The van der Waals surface area contributed by atoms with E-state index in [0.717, 1.165) is 6.42 Å². The highest BCUT2D eigenvalue weighted by molar-refractivity contribution is 5.86. The van der Waals surface area contributed by atoms with E-state index in [1.165, 1.54) is 24.3 Å². The molecule has 1 aromatic carbocycles. The van der Waals surface area contributed by atoms with Gasteiger partial charge in [0, 0.05) is 13.2 Å². The number of amides is 1. The van der Waals surface area contributed by atoms with Gasteiger partial charge in [0.05, 0.1) is 5.92 Å². The van der Waals surface area contributed by atoms with Crippen LogP contribution in [-0.4, -0.2) is 35.7 Å². The molecule has 0 spiro atoms. The normalized spacial score (nSPS) is 22.8. The van der Waals surface area contributed by atoms with Crippen molar-refractivity contribution in [2.75, 3.05) is 13.2 Å². The monoisotopic (exact) mass is 295 g/mol. The molecule has 0 saturated carbocycles. The Morgan fingerprint density at radius 3 is 2.62 bits per heavy atom. The molecule has 2 rings (SSSR count). The number of carboxylic acid groups (broad SMARTS) is 1. The number of carbonyl (C=O) groups excluding carboxylic acids is 1. The molecule has 0 bridgehead atoms. The third kappa shape index (κ3) is 3.58. The van der Waals surface area contributed by atoms with Gasteiger partial charge in [-0.1, -0.05) is 12.1 Å². The molecular formula is C15H18FNO4. The highest BCUT2D eigenvalue weighted by Gasteiger charge is 2.38. The smallest absolute Gasteiger partial charge is 0.312 e. The predicted octanol–water partition coefficient (Wildman–Crippen LogP) is 1.68. The summed E-state index contributed by atoms with van der Waals surface area (Å²) in [4.78, 5) is 23.4. The summed E-state index contributed by atoms with van der Waals surface area (Å²) in [6.45, 7) is 2.17. The molecule has 1 aromatic rings. The fourth-order valence-electron chi connectivity index (χ4n) is 2.38. The van der Waals surface area contributed by atoms with Gasteiger partial charge in [0.15, 0.2) is 0 Å². The summed E-state index contributed by atoms with van der Waals surface area (Å²) < 4.78 is 18.3. The number of halogens is 1. The quantitative estimate of drug-likeness (QED) is 0.866. The van der Waals surface area contributed by atoms with E-state index >= 15 is 0 Å². The summed E-state index contributed by atoms with van der Waals surface area (Å²) in [6, 6.07) is 5.23. The van der Waals surface area contributed by atoms with Crippen molar-refractivity contribution in [1.29, 1.82) is 0 Å². The van der Waals surface area contributed by atoms with Crippen LogP contribution >= 0.6 is 0 Å². The van der Waals surface area contributed by atoms with Gasteiger partial charge in [-0.15, -0.1) is 0 Å². The molecule has 1 amide bonds. The van der Waals surface area contributed by atoms with Crippen LogP contribution in [0.15, 0.2) is 24.3 Å². The molecule has 2 N–H and O–H groups in total. The summed E-state index contributed by atoms with van der Waals surface area (Å²) >= 11 is 0. The van der Waals surface area contributed by atoms with E-state index in [2.05, 4.69) is 5.32 Å². The molecule has 1 fully saturated rings. The SMILES string of the molecule is CC1(C(=O)NCC(C(=O)O)c2ccc(F)cc2)CCCO1. The van der Waals surface area contributed by atoms with Gasteiger partial charge in [0.25, 0.3) is 5.91 Å². The second-order valence-corrected chi connectivity index (χ2v) is 5.34. The Morgan fingerprint density at radius 1 is 1.43 bits per heavy atom. The minimum atomic E-state index is -1.07. The van der Waals surface area contributed by atoms with Gasteiger partial charge in [-0.3, -0.25) is 9.59 Å². The Kier molecular flexibility index (Phi) is 4.57. The highest BCUT2D eigenvalue weighted by atomic mass is 19.1. The van der Waals surface area contributed by atoms with Gasteiger partial charge in [-0.2, -0.15) is 0 Å². The van der Waals surface area contributed by atoms with Crippen LogP contribution in [-0.2, 0) is 14.3 Å². The summed E-state index contributed by atoms with van der Waals surface area (Å²) in [5, 5.41) is 11.9. The zero-order valence-electron chi connectivity index (χ0n) is 11.8. The van der Waals surface area contributed by atoms with Crippen molar-refractivity contribution < 1.29 is 23.8 Å². The molecule has 1 aliphatic rings. The van der Waals surface area contributed by atoms with Crippen molar-refractivity contribution >= 4 is 11.9 Å². The Morgan fingerprint density at radius 2 is 2.10 bits per heavy atom. The number of hydrogen-bond acceptors (Lipinski definition) is 3. The third-order valence-corrected chi connectivity index (χ3v) is 3.74. The summed E-state index contributed by atoms with van der Waals surface area (Å²) in [6.07, 6.45) is 1.43.